The minimum Gasteiger partial charge on any atom is -0.269 e. The molecule has 0 aliphatic rings. The Bertz CT molecular complexity index is 1370. The zero-order valence-corrected chi connectivity index (χ0v) is 16.9. The van der Waals surface area contributed by atoms with E-state index in [2.05, 4.69) is 30.5 Å². The van der Waals surface area contributed by atoms with E-state index >= 15 is 0 Å². The van der Waals surface area contributed by atoms with Gasteiger partial charge in [0.1, 0.15) is 5.03 Å². The van der Waals surface area contributed by atoms with Crippen molar-refractivity contribution in [2.75, 3.05) is 0 Å². The van der Waals surface area contributed by atoms with E-state index in [1.165, 1.54) is 11.8 Å². The lowest BCUT2D eigenvalue weighted by Gasteiger charge is -2.12. The van der Waals surface area contributed by atoms with Crippen molar-refractivity contribution >= 4 is 17.4 Å². The molecule has 0 bridgehead atoms. The summed E-state index contributed by atoms with van der Waals surface area (Å²) in [6, 6.07) is 14.8. The van der Waals surface area contributed by atoms with Gasteiger partial charge in [-0.1, -0.05) is 18.2 Å². The average molecular weight is 436 g/mol. The summed E-state index contributed by atoms with van der Waals surface area (Å²) >= 11 is 1.21. The summed E-state index contributed by atoms with van der Waals surface area (Å²) in [5.41, 5.74) is 3.03. The number of benzene rings is 1. The molecule has 1 aromatic carbocycles. The first-order chi connectivity index (χ1) is 15.1. The standard InChI is InChI=1S/C20H14F2N8S/c1-12-4-2-3-5-14(12)29-18(13-8-10-23-11-9-13)25-27-20(29)31-16-7-6-15-24-26-19(17(21)22)30(15)28-16/h2-11,17H,1H3. The molecule has 31 heavy (non-hydrogen) atoms. The van der Waals surface area contributed by atoms with E-state index in [0.29, 0.717) is 16.0 Å². The van der Waals surface area contributed by atoms with Crippen LogP contribution < -0.4 is 0 Å². The van der Waals surface area contributed by atoms with Crippen molar-refractivity contribution in [3.05, 3.63) is 72.3 Å². The number of hydrogen-bond acceptors (Lipinski definition) is 7. The van der Waals surface area contributed by atoms with Crippen molar-refractivity contribution < 1.29 is 8.78 Å². The van der Waals surface area contributed by atoms with Crippen molar-refractivity contribution in [2.45, 2.75) is 23.5 Å². The van der Waals surface area contributed by atoms with Crippen LogP contribution in [0.1, 0.15) is 17.8 Å². The third kappa shape index (κ3) is 3.52. The van der Waals surface area contributed by atoms with Crippen molar-refractivity contribution in [2.24, 2.45) is 0 Å². The van der Waals surface area contributed by atoms with Crippen LogP contribution in [-0.2, 0) is 0 Å². The van der Waals surface area contributed by atoms with Crippen LogP contribution in [0.2, 0.25) is 0 Å². The maximum atomic E-state index is 13.2. The predicted octanol–water partition coefficient (Wildman–Crippen LogP) is 4.16. The lowest BCUT2D eigenvalue weighted by atomic mass is 10.2. The minimum absolute atomic E-state index is 0.248. The van der Waals surface area contributed by atoms with E-state index in [1.54, 1.807) is 24.5 Å². The number of pyridine rings is 1. The second-order valence-electron chi connectivity index (χ2n) is 6.57. The Balaban J connectivity index is 1.63. The number of rotatable bonds is 5. The summed E-state index contributed by atoms with van der Waals surface area (Å²) in [4.78, 5) is 4.06. The highest BCUT2D eigenvalue weighted by Crippen LogP contribution is 2.32. The SMILES string of the molecule is Cc1ccccc1-n1c(Sc2ccc3nnc(C(F)F)n3n2)nnc1-c1ccncc1. The summed E-state index contributed by atoms with van der Waals surface area (Å²) in [5, 5.41) is 21.3. The molecule has 8 nitrogen and oxygen atoms in total. The Kier molecular flexibility index (Phi) is 4.86. The molecular weight excluding hydrogens is 422 g/mol. The molecule has 0 radical (unpaired) electrons. The number of aryl methyl sites for hydroxylation is 1. The molecule has 11 heteroatoms. The molecule has 0 saturated heterocycles. The van der Waals surface area contributed by atoms with Gasteiger partial charge in [-0.15, -0.1) is 20.4 Å². The Labute approximate surface area is 179 Å². The fourth-order valence-electron chi connectivity index (χ4n) is 3.13. The molecule has 0 unspecified atom stereocenters. The van der Waals surface area contributed by atoms with Crippen LogP contribution in [0.3, 0.4) is 0 Å². The molecule has 4 aromatic heterocycles. The summed E-state index contributed by atoms with van der Waals surface area (Å²) in [6.07, 6.45) is 0.593. The number of halogens is 2. The molecule has 4 heterocycles. The van der Waals surface area contributed by atoms with Crippen LogP contribution in [0, 0.1) is 6.92 Å². The van der Waals surface area contributed by atoms with Crippen LogP contribution in [0.5, 0.6) is 0 Å². The van der Waals surface area contributed by atoms with Gasteiger partial charge in [0.15, 0.2) is 11.5 Å². The lowest BCUT2D eigenvalue weighted by molar-refractivity contribution is 0.137. The third-order valence-electron chi connectivity index (χ3n) is 4.58. The van der Waals surface area contributed by atoms with E-state index in [1.807, 2.05) is 47.9 Å². The lowest BCUT2D eigenvalue weighted by Crippen LogP contribution is -2.03. The molecule has 0 atom stereocenters. The summed E-state index contributed by atoms with van der Waals surface area (Å²) in [7, 11) is 0. The van der Waals surface area contributed by atoms with E-state index < -0.39 is 12.2 Å². The number of fused-ring (bicyclic) bond motifs is 1. The Morgan fingerprint density at radius 1 is 0.903 bits per heavy atom. The van der Waals surface area contributed by atoms with Crippen LogP contribution >= 0.6 is 11.8 Å². The van der Waals surface area contributed by atoms with Crippen molar-refractivity contribution in [3.8, 4) is 17.1 Å². The molecule has 0 saturated carbocycles. The first-order valence-corrected chi connectivity index (χ1v) is 10.0. The minimum atomic E-state index is -2.78. The van der Waals surface area contributed by atoms with Gasteiger partial charge < -0.3 is 0 Å². The van der Waals surface area contributed by atoms with Gasteiger partial charge in [-0.05, 0) is 54.6 Å². The summed E-state index contributed by atoms with van der Waals surface area (Å²) in [6.45, 7) is 2.00. The summed E-state index contributed by atoms with van der Waals surface area (Å²) in [5.74, 6) is 0.133. The van der Waals surface area contributed by atoms with E-state index in [-0.39, 0.29) is 5.65 Å². The van der Waals surface area contributed by atoms with Gasteiger partial charge in [-0.25, -0.2) is 8.78 Å². The molecule has 0 fully saturated rings. The van der Waals surface area contributed by atoms with Gasteiger partial charge in [0.05, 0.1) is 5.69 Å². The highest BCUT2D eigenvalue weighted by Gasteiger charge is 2.20. The van der Waals surface area contributed by atoms with Crippen molar-refractivity contribution in [1.29, 1.82) is 0 Å². The Morgan fingerprint density at radius 2 is 1.71 bits per heavy atom. The van der Waals surface area contributed by atoms with Crippen molar-refractivity contribution in [3.63, 3.8) is 0 Å². The maximum absolute atomic E-state index is 13.2. The zero-order valence-electron chi connectivity index (χ0n) is 16.1. The van der Waals surface area contributed by atoms with Gasteiger partial charge in [0, 0.05) is 18.0 Å². The zero-order chi connectivity index (χ0) is 21.4. The fourth-order valence-corrected chi connectivity index (χ4v) is 3.93. The molecule has 0 aliphatic carbocycles. The molecule has 0 N–H and O–H groups in total. The number of hydrogen-bond donors (Lipinski definition) is 0. The highest BCUT2D eigenvalue weighted by molar-refractivity contribution is 7.99. The number of alkyl halides is 2. The Hall–Kier alpha value is -3.73. The third-order valence-corrected chi connectivity index (χ3v) is 5.46. The van der Waals surface area contributed by atoms with Gasteiger partial charge in [-0.2, -0.15) is 9.61 Å². The Morgan fingerprint density at radius 3 is 2.48 bits per heavy atom. The second kappa shape index (κ2) is 7.84. The van der Waals surface area contributed by atoms with Crippen LogP contribution in [0.25, 0.3) is 22.7 Å². The number of para-hydroxylation sites is 1. The summed E-state index contributed by atoms with van der Waals surface area (Å²) < 4.78 is 29.4. The first-order valence-electron chi connectivity index (χ1n) is 9.22. The van der Waals surface area contributed by atoms with Crippen molar-refractivity contribution in [1.82, 2.24) is 39.6 Å². The monoisotopic (exact) mass is 436 g/mol. The molecule has 0 amide bonds. The van der Waals surface area contributed by atoms with E-state index in [9.17, 15) is 8.78 Å². The molecule has 0 spiro atoms. The molecule has 5 rings (SSSR count). The molecule has 154 valence electrons. The smallest absolute Gasteiger partial charge is 0.269 e. The first kappa shape index (κ1) is 19.2. The van der Waals surface area contributed by atoms with Gasteiger partial charge in [0.25, 0.3) is 6.43 Å². The molecule has 5 aromatic rings. The molecular formula is C20H14F2N8S. The normalized spacial score (nSPS) is 11.5. The van der Waals surface area contributed by atoms with Crippen LogP contribution in [-0.4, -0.2) is 39.6 Å². The quantitative estimate of drug-likeness (QED) is 0.409. The largest absolute Gasteiger partial charge is 0.299 e. The van der Waals surface area contributed by atoms with Gasteiger partial charge >= 0.3 is 0 Å². The van der Waals surface area contributed by atoms with Gasteiger partial charge in [-0.3, -0.25) is 9.55 Å². The van der Waals surface area contributed by atoms with Crippen LogP contribution in [0.15, 0.2) is 71.1 Å². The number of aromatic nitrogens is 8. The predicted molar refractivity (Wildman–Crippen MR) is 109 cm³/mol. The van der Waals surface area contributed by atoms with Gasteiger partial charge in [0.2, 0.25) is 11.0 Å². The maximum Gasteiger partial charge on any atom is 0.299 e. The topological polar surface area (TPSA) is 86.7 Å². The highest BCUT2D eigenvalue weighted by atomic mass is 32.2. The van der Waals surface area contributed by atoms with E-state index in [4.69, 9.17) is 0 Å². The molecule has 0 aliphatic heterocycles. The fraction of sp³-hybridized carbons (Fsp3) is 0.100. The van der Waals surface area contributed by atoms with E-state index in [0.717, 1.165) is 21.3 Å². The average Bonchev–Trinajstić information content (AvgIpc) is 3.39. The second-order valence-corrected chi connectivity index (χ2v) is 7.55. The number of nitrogens with zero attached hydrogens (tertiary/aromatic N) is 8. The van der Waals surface area contributed by atoms with Crippen LogP contribution in [0.4, 0.5) is 8.78 Å².